The minimum absolute atomic E-state index is 0.0139. The number of fused-ring (bicyclic) bond motifs is 1. The zero-order valence-electron chi connectivity index (χ0n) is 28.0. The van der Waals surface area contributed by atoms with E-state index in [1.807, 2.05) is 52.5 Å². The maximum Gasteiger partial charge on any atom is 0.490 e. The number of carboxylic acids is 2. The molecule has 3 N–H and O–H groups in total. The van der Waals surface area contributed by atoms with Crippen LogP contribution < -0.4 is 4.90 Å². The molecule has 2 fully saturated rings. The molecule has 1 aromatic carbocycles. The fourth-order valence-electron chi connectivity index (χ4n) is 5.44. The number of benzene rings is 1. The van der Waals surface area contributed by atoms with Crippen LogP contribution in [0.1, 0.15) is 20.3 Å². The largest absolute Gasteiger partial charge is 0.490 e. The van der Waals surface area contributed by atoms with Gasteiger partial charge in [0.25, 0.3) is 0 Å². The van der Waals surface area contributed by atoms with Gasteiger partial charge in [-0.25, -0.2) is 28.9 Å². The molecule has 282 valence electrons. The summed E-state index contributed by atoms with van der Waals surface area (Å²) in [5.41, 5.74) is 3.53. The van der Waals surface area contributed by atoms with E-state index in [9.17, 15) is 31.1 Å². The molecule has 2 saturated heterocycles. The first-order chi connectivity index (χ1) is 24.4. The summed E-state index contributed by atoms with van der Waals surface area (Å²) in [4.78, 5) is 46.8. The molecule has 4 aromatic rings. The van der Waals surface area contributed by atoms with Crippen LogP contribution in [0.3, 0.4) is 0 Å². The van der Waals surface area contributed by atoms with E-state index in [1.54, 1.807) is 18.0 Å². The van der Waals surface area contributed by atoms with Crippen molar-refractivity contribution in [2.75, 3.05) is 44.7 Å². The van der Waals surface area contributed by atoms with Crippen molar-refractivity contribution in [2.45, 2.75) is 44.8 Å². The van der Waals surface area contributed by atoms with Crippen molar-refractivity contribution in [3.8, 4) is 22.5 Å². The molecule has 5 heterocycles. The predicted molar refractivity (Wildman–Crippen MR) is 171 cm³/mol. The van der Waals surface area contributed by atoms with Gasteiger partial charge in [0, 0.05) is 57.2 Å². The van der Waals surface area contributed by atoms with Crippen LogP contribution >= 0.6 is 0 Å². The van der Waals surface area contributed by atoms with E-state index in [2.05, 4.69) is 39.0 Å². The summed E-state index contributed by atoms with van der Waals surface area (Å²) in [6.45, 7) is 8.52. The molecule has 2 aliphatic rings. The maximum atomic E-state index is 13.7. The number of anilines is 1. The van der Waals surface area contributed by atoms with Gasteiger partial charge in [0.15, 0.2) is 11.5 Å². The highest BCUT2D eigenvalue weighted by Gasteiger charge is 2.41. The first-order valence-corrected chi connectivity index (χ1v) is 15.6. The Morgan fingerprint density at radius 3 is 2.12 bits per heavy atom. The van der Waals surface area contributed by atoms with Crippen molar-refractivity contribution in [2.24, 2.45) is 5.92 Å². The van der Waals surface area contributed by atoms with Crippen LogP contribution in [0.2, 0.25) is 0 Å². The average molecular weight is 744 g/mol. The molecule has 15 nitrogen and oxygen atoms in total. The van der Waals surface area contributed by atoms with Gasteiger partial charge in [0.2, 0.25) is 0 Å². The molecule has 0 unspecified atom stereocenters. The number of nitrogens with zero attached hydrogens (tertiary/aromatic N) is 8. The Kier molecular flexibility index (Phi) is 12.4. The Balaban J connectivity index is 0.000000367. The van der Waals surface area contributed by atoms with Gasteiger partial charge in [-0.2, -0.15) is 36.5 Å². The van der Waals surface area contributed by atoms with Crippen molar-refractivity contribution in [3.63, 3.8) is 0 Å². The number of nitrogens with one attached hydrogen (secondary N) is 1. The lowest BCUT2D eigenvalue weighted by atomic mass is 10.0. The van der Waals surface area contributed by atoms with Gasteiger partial charge in [-0.15, -0.1) is 0 Å². The number of halogens is 6. The number of aromatic nitrogens is 6. The molecule has 2 amide bonds. The third kappa shape index (κ3) is 9.72. The monoisotopic (exact) mass is 743 g/mol. The summed E-state index contributed by atoms with van der Waals surface area (Å²) in [7, 11) is 1.77. The zero-order chi connectivity index (χ0) is 38.4. The molecule has 0 radical (unpaired) electrons. The van der Waals surface area contributed by atoms with E-state index in [-0.39, 0.29) is 12.1 Å². The molecule has 3 aromatic heterocycles. The van der Waals surface area contributed by atoms with E-state index in [0.717, 1.165) is 42.7 Å². The number of likely N-dealkylation sites (tertiary alicyclic amines) is 1. The number of carbonyl (C=O) groups excluding carboxylic acids is 1. The molecule has 0 saturated carbocycles. The van der Waals surface area contributed by atoms with Crippen LogP contribution in [-0.2, 0) is 14.3 Å². The maximum absolute atomic E-state index is 13.7. The highest BCUT2D eigenvalue weighted by atomic mass is 19.4. The Hall–Kier alpha value is -5.31. The second-order valence-electron chi connectivity index (χ2n) is 12.0. The Bertz CT molecular complexity index is 1790. The zero-order valence-corrected chi connectivity index (χ0v) is 28.0. The van der Waals surface area contributed by atoms with Crippen LogP contribution in [0, 0.1) is 5.92 Å². The SMILES string of the molecule is CO[C@@H]1CCN(CCN2C[C@H](C(C)C)N(c3ccn4ncc(-c5ccc(-c6nc[nH]n6)cc5)c4n3)C2=O)C1.O=C(O)C(F)(F)F.O=C(O)C(F)(F)F. The summed E-state index contributed by atoms with van der Waals surface area (Å²) < 4.78 is 70.7. The van der Waals surface area contributed by atoms with Crippen molar-refractivity contribution in [1.82, 2.24) is 39.6 Å². The molecule has 0 bridgehead atoms. The average Bonchev–Trinajstić information content (AvgIpc) is 3.90. The first-order valence-electron chi connectivity index (χ1n) is 15.6. The second kappa shape index (κ2) is 16.4. The third-order valence-electron chi connectivity index (χ3n) is 8.19. The number of amides is 2. The fraction of sp³-hybridized carbons (Fsp3) is 0.452. The smallest absolute Gasteiger partial charge is 0.475 e. The van der Waals surface area contributed by atoms with E-state index < -0.39 is 24.3 Å². The summed E-state index contributed by atoms with van der Waals surface area (Å²) in [6.07, 6.45) is -3.57. The number of hydrogen-bond donors (Lipinski definition) is 3. The van der Waals surface area contributed by atoms with Crippen LogP contribution in [0.25, 0.3) is 28.2 Å². The fourth-order valence-corrected chi connectivity index (χ4v) is 5.44. The van der Waals surface area contributed by atoms with Gasteiger partial charge in [-0.05, 0) is 24.0 Å². The highest BCUT2D eigenvalue weighted by molar-refractivity contribution is 5.94. The molecular formula is C31H35F6N9O6. The summed E-state index contributed by atoms with van der Waals surface area (Å²) >= 11 is 0. The topological polar surface area (TPSA) is 182 Å². The minimum Gasteiger partial charge on any atom is -0.475 e. The number of urea groups is 1. The van der Waals surface area contributed by atoms with Crippen molar-refractivity contribution < 1.29 is 55.7 Å². The first kappa shape index (κ1) is 39.5. The van der Waals surface area contributed by atoms with Gasteiger partial charge in [0.1, 0.15) is 12.1 Å². The van der Waals surface area contributed by atoms with Crippen LogP contribution in [0.5, 0.6) is 0 Å². The Labute approximate surface area is 291 Å². The van der Waals surface area contributed by atoms with Crippen molar-refractivity contribution in [3.05, 3.63) is 49.1 Å². The van der Waals surface area contributed by atoms with Gasteiger partial charge >= 0.3 is 30.3 Å². The number of carbonyl (C=O) groups is 3. The third-order valence-corrected chi connectivity index (χ3v) is 8.19. The molecule has 52 heavy (non-hydrogen) atoms. The number of rotatable bonds is 8. The van der Waals surface area contributed by atoms with Gasteiger partial charge < -0.3 is 19.8 Å². The number of H-pyrrole nitrogens is 1. The Morgan fingerprint density at radius 1 is 0.981 bits per heavy atom. The van der Waals surface area contributed by atoms with Crippen LogP contribution in [0.15, 0.2) is 49.1 Å². The lowest BCUT2D eigenvalue weighted by molar-refractivity contribution is -0.193. The lowest BCUT2D eigenvalue weighted by Crippen LogP contribution is -2.39. The predicted octanol–water partition coefficient (Wildman–Crippen LogP) is 4.44. The minimum atomic E-state index is -5.08. The number of hydrogen-bond acceptors (Lipinski definition) is 9. The number of ether oxygens (including phenoxy) is 1. The quantitative estimate of drug-likeness (QED) is 0.217. The van der Waals surface area contributed by atoms with E-state index in [1.165, 1.54) is 0 Å². The molecular weight excluding hydrogens is 708 g/mol. The van der Waals surface area contributed by atoms with Gasteiger partial charge in [-0.1, -0.05) is 38.1 Å². The number of carboxylic acid groups (broad SMARTS) is 2. The van der Waals surface area contributed by atoms with E-state index >= 15 is 0 Å². The van der Waals surface area contributed by atoms with E-state index in [4.69, 9.17) is 29.5 Å². The van der Waals surface area contributed by atoms with E-state index in [0.29, 0.717) is 42.4 Å². The summed E-state index contributed by atoms with van der Waals surface area (Å²) in [5, 5.41) is 25.6. The molecule has 0 aliphatic carbocycles. The highest BCUT2D eigenvalue weighted by Crippen LogP contribution is 2.31. The second-order valence-corrected chi connectivity index (χ2v) is 12.0. The van der Waals surface area contributed by atoms with Crippen LogP contribution in [-0.4, -0.2) is 132 Å². The van der Waals surface area contributed by atoms with Gasteiger partial charge in [-0.3, -0.25) is 14.9 Å². The summed E-state index contributed by atoms with van der Waals surface area (Å²) in [5.74, 6) is -3.92. The molecule has 0 spiro atoms. The van der Waals surface area contributed by atoms with Crippen LogP contribution in [0.4, 0.5) is 37.0 Å². The van der Waals surface area contributed by atoms with Crippen molar-refractivity contribution in [1.29, 1.82) is 0 Å². The standard InChI is InChI=1S/C27H33N9O2.2C2HF3O2/c1-18(2)23-16-34(13-12-33-10-8-21(15-33)38-3)27(37)36(23)24-9-11-35-26(31-24)22(14-30-35)19-4-6-20(7-5-19)25-28-17-29-32-25;2*3-2(4,5)1(6)7/h4-7,9,11,14,17-18,21,23H,8,10,12-13,15-16H2,1-3H3,(H,28,29,32);2*(H,6,7)/t21-,23-;;/m1../s1. The Morgan fingerprint density at radius 2 is 1.60 bits per heavy atom. The normalized spacial score (nSPS) is 18.0. The lowest BCUT2D eigenvalue weighted by Gasteiger charge is -2.25. The molecule has 2 atom stereocenters. The molecule has 2 aliphatic heterocycles. The van der Waals surface area contributed by atoms with Crippen molar-refractivity contribution >= 4 is 29.4 Å². The summed E-state index contributed by atoms with van der Waals surface area (Å²) in [6, 6.07) is 9.95. The number of aliphatic carboxylic acids is 2. The molecule has 21 heteroatoms. The number of aromatic amines is 1. The van der Waals surface area contributed by atoms with Gasteiger partial charge in [0.05, 0.1) is 18.3 Å². The number of alkyl halides is 6. The molecule has 6 rings (SSSR count). The number of methoxy groups -OCH3 is 1.